The molecule has 0 unspecified atom stereocenters. The maximum absolute atomic E-state index is 10.7. The Bertz CT molecular complexity index is 468. The Hall–Kier alpha value is -1.90. The second kappa shape index (κ2) is 6.15. The lowest BCUT2D eigenvalue weighted by Crippen LogP contribution is -2.29. The van der Waals surface area contributed by atoms with E-state index in [1.54, 1.807) is 0 Å². The van der Waals surface area contributed by atoms with Crippen LogP contribution in [0, 0.1) is 10.1 Å². The quantitative estimate of drug-likeness (QED) is 0.654. The van der Waals surface area contributed by atoms with Gasteiger partial charge in [-0.3, -0.25) is 10.1 Å². The second-order valence-corrected chi connectivity index (χ2v) is 4.20. The summed E-state index contributed by atoms with van der Waals surface area (Å²) in [6.45, 7) is 0.0719. The highest BCUT2D eigenvalue weighted by molar-refractivity contribution is 9.10. The molecular weight excluding hydrogens is 310 g/mol. The molecule has 0 aliphatic rings. The molecule has 98 valence electrons. The summed E-state index contributed by atoms with van der Waals surface area (Å²) in [6, 6.07) is 1.27. The molecule has 9 heteroatoms. The van der Waals surface area contributed by atoms with Crippen molar-refractivity contribution in [1.29, 1.82) is 0 Å². The molecule has 0 atom stereocenters. The third-order valence-electron chi connectivity index (χ3n) is 1.99. The summed E-state index contributed by atoms with van der Waals surface area (Å²) >= 11 is 3.07. The number of pyridine rings is 1. The molecule has 1 amide bonds. The summed E-state index contributed by atoms with van der Waals surface area (Å²) in [5.74, 6) is -0.137. The lowest BCUT2D eigenvalue weighted by Gasteiger charge is -2.12. The first-order valence-electron chi connectivity index (χ1n) is 4.78. The van der Waals surface area contributed by atoms with Crippen LogP contribution in [0.2, 0.25) is 0 Å². The summed E-state index contributed by atoms with van der Waals surface area (Å²) in [5.41, 5.74) is -0.276. The van der Waals surface area contributed by atoms with Crippen LogP contribution in [0.25, 0.3) is 0 Å². The minimum Gasteiger partial charge on any atom is -0.471 e. The zero-order chi connectivity index (χ0) is 13.7. The van der Waals surface area contributed by atoms with Crippen molar-refractivity contribution in [3.05, 3.63) is 26.9 Å². The zero-order valence-corrected chi connectivity index (χ0v) is 11.0. The van der Waals surface area contributed by atoms with E-state index < -0.39 is 11.0 Å². The van der Waals surface area contributed by atoms with Crippen molar-refractivity contribution in [2.45, 2.75) is 0 Å². The van der Waals surface area contributed by atoms with Gasteiger partial charge in [0.25, 0.3) is 5.88 Å². The van der Waals surface area contributed by atoms with Crippen molar-refractivity contribution >= 4 is 27.7 Å². The van der Waals surface area contributed by atoms with Crippen LogP contribution in [0.1, 0.15) is 0 Å². The van der Waals surface area contributed by atoms with Gasteiger partial charge in [-0.2, -0.15) is 0 Å². The van der Waals surface area contributed by atoms with Gasteiger partial charge in [0.15, 0.2) is 0 Å². The van der Waals surface area contributed by atoms with Gasteiger partial charge in [0.05, 0.1) is 11.5 Å². The van der Waals surface area contributed by atoms with Crippen molar-refractivity contribution < 1.29 is 19.6 Å². The van der Waals surface area contributed by atoms with Gasteiger partial charge in [-0.25, -0.2) is 9.78 Å². The average Bonchev–Trinajstić information content (AvgIpc) is 2.30. The lowest BCUT2D eigenvalue weighted by molar-refractivity contribution is -0.386. The maximum Gasteiger partial charge on any atom is 0.407 e. The standard InChI is InChI=1S/C9H10BrN3O5/c1-12(9(14)15)2-3-18-8-7(13(16)17)4-6(10)5-11-8/h4-5H,2-3H2,1H3,(H,14,15). The molecule has 1 heterocycles. The van der Waals surface area contributed by atoms with Crippen LogP contribution in [-0.4, -0.2) is 46.2 Å². The Balaban J connectivity index is 2.67. The van der Waals surface area contributed by atoms with Crippen molar-refractivity contribution in [2.75, 3.05) is 20.2 Å². The molecule has 0 saturated carbocycles. The van der Waals surface area contributed by atoms with E-state index in [0.29, 0.717) is 4.47 Å². The molecule has 0 aliphatic carbocycles. The second-order valence-electron chi connectivity index (χ2n) is 3.29. The molecule has 8 nitrogen and oxygen atoms in total. The largest absolute Gasteiger partial charge is 0.471 e. The van der Waals surface area contributed by atoms with E-state index in [4.69, 9.17) is 9.84 Å². The van der Waals surface area contributed by atoms with Gasteiger partial charge in [0.2, 0.25) is 0 Å². The number of ether oxygens (including phenoxy) is 1. The highest BCUT2D eigenvalue weighted by Crippen LogP contribution is 2.27. The Labute approximate surface area is 110 Å². The maximum atomic E-state index is 10.7. The summed E-state index contributed by atoms with van der Waals surface area (Å²) in [5, 5.41) is 19.3. The summed E-state index contributed by atoms with van der Waals surface area (Å²) in [6.07, 6.45) is 0.264. The van der Waals surface area contributed by atoms with Crippen LogP contribution in [0.15, 0.2) is 16.7 Å². The Morgan fingerprint density at radius 3 is 2.94 bits per heavy atom. The monoisotopic (exact) mass is 319 g/mol. The minimum absolute atomic E-state index is 0.0156. The van der Waals surface area contributed by atoms with Crippen LogP contribution < -0.4 is 4.74 Å². The molecule has 0 fully saturated rings. The number of hydrogen-bond acceptors (Lipinski definition) is 5. The molecule has 0 saturated heterocycles. The molecule has 0 aliphatic heterocycles. The number of amides is 1. The summed E-state index contributed by atoms with van der Waals surface area (Å²) < 4.78 is 5.56. The first-order chi connectivity index (χ1) is 8.41. The molecule has 1 aromatic heterocycles. The number of nitrogens with zero attached hydrogens (tertiary/aromatic N) is 3. The van der Waals surface area contributed by atoms with Gasteiger partial charge in [-0.15, -0.1) is 0 Å². The molecule has 0 radical (unpaired) electrons. The number of aromatic nitrogens is 1. The zero-order valence-electron chi connectivity index (χ0n) is 9.37. The first kappa shape index (κ1) is 14.2. The van der Waals surface area contributed by atoms with Crippen LogP contribution >= 0.6 is 15.9 Å². The van der Waals surface area contributed by atoms with E-state index in [9.17, 15) is 14.9 Å². The fraction of sp³-hybridized carbons (Fsp3) is 0.333. The van der Waals surface area contributed by atoms with E-state index >= 15 is 0 Å². The minimum atomic E-state index is -1.10. The lowest BCUT2D eigenvalue weighted by atomic mass is 10.4. The molecule has 1 rings (SSSR count). The van der Waals surface area contributed by atoms with E-state index in [-0.39, 0.29) is 24.7 Å². The number of hydrogen-bond donors (Lipinski definition) is 1. The number of carbonyl (C=O) groups is 1. The van der Waals surface area contributed by atoms with Crippen LogP contribution in [-0.2, 0) is 0 Å². The van der Waals surface area contributed by atoms with Gasteiger partial charge in [0.1, 0.15) is 6.61 Å². The fourth-order valence-corrected chi connectivity index (χ4v) is 1.35. The smallest absolute Gasteiger partial charge is 0.407 e. The summed E-state index contributed by atoms with van der Waals surface area (Å²) in [4.78, 5) is 25.4. The van der Waals surface area contributed by atoms with E-state index in [0.717, 1.165) is 4.90 Å². The molecular formula is C9H10BrN3O5. The fourth-order valence-electron chi connectivity index (χ4n) is 1.03. The number of rotatable bonds is 5. The van der Waals surface area contributed by atoms with Crippen molar-refractivity contribution in [3.8, 4) is 5.88 Å². The predicted octanol–water partition coefficient (Wildman–Crippen LogP) is 1.74. The Kier molecular flexibility index (Phi) is 4.84. The van der Waals surface area contributed by atoms with Gasteiger partial charge in [-0.1, -0.05) is 0 Å². The number of nitro groups is 1. The van der Waals surface area contributed by atoms with Crippen LogP contribution in [0.5, 0.6) is 5.88 Å². The highest BCUT2D eigenvalue weighted by Gasteiger charge is 2.17. The molecule has 1 aromatic rings. The van der Waals surface area contributed by atoms with E-state index in [1.165, 1.54) is 19.3 Å². The third kappa shape index (κ3) is 3.84. The summed E-state index contributed by atoms with van der Waals surface area (Å²) in [7, 11) is 1.37. The van der Waals surface area contributed by atoms with Gasteiger partial charge in [-0.05, 0) is 15.9 Å². The van der Waals surface area contributed by atoms with Gasteiger partial charge < -0.3 is 14.7 Å². The van der Waals surface area contributed by atoms with E-state index in [2.05, 4.69) is 20.9 Å². The number of likely N-dealkylation sites (N-methyl/N-ethyl adjacent to an activating group) is 1. The van der Waals surface area contributed by atoms with Crippen molar-refractivity contribution in [2.24, 2.45) is 0 Å². The van der Waals surface area contributed by atoms with Crippen molar-refractivity contribution in [3.63, 3.8) is 0 Å². The van der Waals surface area contributed by atoms with E-state index in [1.807, 2.05) is 0 Å². The third-order valence-corrected chi connectivity index (χ3v) is 2.42. The molecule has 18 heavy (non-hydrogen) atoms. The molecule has 0 spiro atoms. The number of carboxylic acid groups (broad SMARTS) is 1. The predicted molar refractivity (Wildman–Crippen MR) is 64.7 cm³/mol. The normalized spacial score (nSPS) is 9.89. The first-order valence-corrected chi connectivity index (χ1v) is 5.58. The highest BCUT2D eigenvalue weighted by atomic mass is 79.9. The Morgan fingerprint density at radius 2 is 2.39 bits per heavy atom. The average molecular weight is 320 g/mol. The molecule has 1 N–H and O–H groups in total. The van der Waals surface area contributed by atoms with Gasteiger partial charge >= 0.3 is 11.8 Å². The van der Waals surface area contributed by atoms with Gasteiger partial charge in [0, 0.05) is 23.8 Å². The number of halogens is 1. The van der Waals surface area contributed by atoms with Crippen molar-refractivity contribution in [1.82, 2.24) is 9.88 Å². The van der Waals surface area contributed by atoms with Crippen LogP contribution in [0.3, 0.4) is 0 Å². The molecule has 0 aromatic carbocycles. The molecule has 0 bridgehead atoms. The SMILES string of the molecule is CN(CCOc1ncc(Br)cc1[N+](=O)[O-])C(=O)O. The Morgan fingerprint density at radius 1 is 1.72 bits per heavy atom. The van der Waals surface area contributed by atoms with Crippen LogP contribution in [0.4, 0.5) is 10.5 Å². The topological polar surface area (TPSA) is 106 Å².